The number of nitrogens with two attached hydrogens (primary N) is 1. The van der Waals surface area contributed by atoms with Crippen LogP contribution in [0.1, 0.15) is 89.9 Å². The highest BCUT2D eigenvalue weighted by molar-refractivity contribution is 4.50. The fourth-order valence-corrected chi connectivity index (χ4v) is 2.27. The molecule has 0 amide bonds. The lowest BCUT2D eigenvalue weighted by atomic mass is 10.0. The van der Waals surface area contributed by atoms with Crippen molar-refractivity contribution in [3.8, 4) is 0 Å². The molecule has 1 radical (unpaired) electrons. The second kappa shape index (κ2) is 16.0. The van der Waals surface area contributed by atoms with Crippen LogP contribution in [-0.2, 0) is 0 Å². The molecule has 0 saturated carbocycles. The molecule has 0 aliphatic heterocycles. The molecule has 17 heavy (non-hydrogen) atoms. The van der Waals surface area contributed by atoms with Gasteiger partial charge in [-0.05, 0) is 13.0 Å². The molecule has 0 rings (SSSR count). The molecule has 103 valence electrons. The summed E-state index contributed by atoms with van der Waals surface area (Å²) in [6, 6.07) is 0. The molecule has 0 heterocycles. The monoisotopic (exact) mass is 240 g/mol. The van der Waals surface area contributed by atoms with Crippen molar-refractivity contribution in [2.75, 3.05) is 6.54 Å². The molecule has 0 aliphatic rings. The van der Waals surface area contributed by atoms with Crippen LogP contribution in [0.2, 0.25) is 0 Å². The average Bonchev–Trinajstić information content (AvgIpc) is 2.35. The first-order valence-corrected chi connectivity index (χ1v) is 7.91. The van der Waals surface area contributed by atoms with Crippen LogP contribution < -0.4 is 5.73 Å². The molecule has 2 N–H and O–H groups in total. The van der Waals surface area contributed by atoms with Gasteiger partial charge in [-0.25, -0.2) is 0 Å². The van der Waals surface area contributed by atoms with Crippen molar-refractivity contribution >= 4 is 0 Å². The van der Waals surface area contributed by atoms with Crippen LogP contribution in [0.15, 0.2) is 0 Å². The van der Waals surface area contributed by atoms with Crippen molar-refractivity contribution in [2.45, 2.75) is 89.9 Å². The van der Waals surface area contributed by atoms with E-state index in [-0.39, 0.29) is 0 Å². The van der Waals surface area contributed by atoms with Gasteiger partial charge in [-0.1, -0.05) is 90.4 Å². The van der Waals surface area contributed by atoms with Crippen LogP contribution in [0.3, 0.4) is 0 Å². The molecular formula is C16H34N. The van der Waals surface area contributed by atoms with E-state index in [1.165, 1.54) is 83.5 Å². The fourth-order valence-electron chi connectivity index (χ4n) is 2.27. The SMILES string of the molecule is [CH2]CCCCCCCCCCCCCCCN. The van der Waals surface area contributed by atoms with Gasteiger partial charge < -0.3 is 5.73 Å². The van der Waals surface area contributed by atoms with Gasteiger partial charge in [0, 0.05) is 0 Å². The van der Waals surface area contributed by atoms with E-state index in [4.69, 9.17) is 5.73 Å². The minimum atomic E-state index is 0.869. The van der Waals surface area contributed by atoms with E-state index in [2.05, 4.69) is 6.92 Å². The van der Waals surface area contributed by atoms with Gasteiger partial charge in [-0.3, -0.25) is 0 Å². The molecule has 0 spiro atoms. The molecule has 1 nitrogen and oxygen atoms in total. The highest BCUT2D eigenvalue weighted by Crippen LogP contribution is 2.12. The Hall–Kier alpha value is -0.0400. The Labute approximate surface area is 110 Å². The molecule has 0 atom stereocenters. The smallest absolute Gasteiger partial charge is 0.00773 e. The third-order valence-corrected chi connectivity index (χ3v) is 3.45. The van der Waals surface area contributed by atoms with Crippen LogP contribution in [0.25, 0.3) is 0 Å². The quantitative estimate of drug-likeness (QED) is 0.413. The van der Waals surface area contributed by atoms with Crippen molar-refractivity contribution in [1.29, 1.82) is 0 Å². The van der Waals surface area contributed by atoms with Gasteiger partial charge in [0.1, 0.15) is 0 Å². The maximum atomic E-state index is 5.46. The Kier molecular flexibility index (Phi) is 15.9. The molecule has 0 bridgehead atoms. The fraction of sp³-hybridized carbons (Fsp3) is 0.938. The summed E-state index contributed by atoms with van der Waals surface area (Å²) in [6.07, 6.45) is 19.3. The zero-order valence-electron chi connectivity index (χ0n) is 11.9. The van der Waals surface area contributed by atoms with Crippen molar-refractivity contribution in [1.82, 2.24) is 0 Å². The lowest BCUT2D eigenvalue weighted by Gasteiger charge is -2.02. The van der Waals surface area contributed by atoms with Gasteiger partial charge in [0.15, 0.2) is 0 Å². The predicted octanol–water partition coefficient (Wildman–Crippen LogP) is 5.24. The van der Waals surface area contributed by atoms with E-state index < -0.39 is 0 Å². The summed E-state index contributed by atoms with van der Waals surface area (Å²) in [6.45, 7) is 4.74. The lowest BCUT2D eigenvalue weighted by Crippen LogP contribution is -1.97. The Morgan fingerprint density at radius 3 is 1.06 bits per heavy atom. The molecule has 1 heteroatoms. The van der Waals surface area contributed by atoms with Gasteiger partial charge in [-0.2, -0.15) is 0 Å². The number of hydrogen-bond acceptors (Lipinski definition) is 1. The molecule has 0 aromatic heterocycles. The van der Waals surface area contributed by atoms with Gasteiger partial charge in [0.2, 0.25) is 0 Å². The molecule has 0 fully saturated rings. The zero-order chi connectivity index (χ0) is 12.6. The number of rotatable bonds is 14. The van der Waals surface area contributed by atoms with Crippen molar-refractivity contribution in [2.24, 2.45) is 5.73 Å². The molecule has 0 aliphatic carbocycles. The van der Waals surface area contributed by atoms with Crippen molar-refractivity contribution < 1.29 is 0 Å². The third-order valence-electron chi connectivity index (χ3n) is 3.45. The van der Waals surface area contributed by atoms with Crippen LogP contribution in [0, 0.1) is 6.92 Å². The van der Waals surface area contributed by atoms with Crippen LogP contribution in [-0.4, -0.2) is 6.54 Å². The van der Waals surface area contributed by atoms with Gasteiger partial charge >= 0.3 is 0 Å². The molecule has 0 aromatic carbocycles. The Bertz CT molecular complexity index is 109. The first kappa shape index (κ1) is 17.0. The maximum Gasteiger partial charge on any atom is -0.00773 e. The van der Waals surface area contributed by atoms with Crippen LogP contribution >= 0.6 is 0 Å². The topological polar surface area (TPSA) is 26.0 Å². The summed E-state index contributed by atoms with van der Waals surface area (Å²) < 4.78 is 0. The zero-order valence-corrected chi connectivity index (χ0v) is 11.9. The third kappa shape index (κ3) is 16.0. The summed E-state index contributed by atoms with van der Waals surface area (Å²) in [7, 11) is 0. The molecular weight excluding hydrogens is 206 g/mol. The van der Waals surface area contributed by atoms with E-state index in [1.54, 1.807) is 0 Å². The van der Waals surface area contributed by atoms with E-state index in [0.29, 0.717) is 0 Å². The number of hydrogen-bond donors (Lipinski definition) is 1. The first-order chi connectivity index (χ1) is 8.41. The van der Waals surface area contributed by atoms with E-state index in [1.807, 2.05) is 0 Å². The minimum Gasteiger partial charge on any atom is -0.330 e. The second-order valence-corrected chi connectivity index (χ2v) is 5.24. The Morgan fingerprint density at radius 2 is 0.765 bits per heavy atom. The van der Waals surface area contributed by atoms with E-state index in [9.17, 15) is 0 Å². The summed E-state index contributed by atoms with van der Waals surface area (Å²) in [5, 5.41) is 0. The molecule has 0 saturated heterocycles. The number of unbranched alkanes of at least 4 members (excludes halogenated alkanes) is 13. The van der Waals surface area contributed by atoms with Crippen LogP contribution in [0.5, 0.6) is 0 Å². The van der Waals surface area contributed by atoms with Gasteiger partial charge in [0.25, 0.3) is 0 Å². The molecule has 0 unspecified atom stereocenters. The normalized spacial score (nSPS) is 10.9. The summed E-state index contributed by atoms with van der Waals surface area (Å²) in [5.41, 5.74) is 5.46. The minimum absolute atomic E-state index is 0.869. The molecule has 0 aromatic rings. The van der Waals surface area contributed by atoms with Gasteiger partial charge in [-0.15, -0.1) is 0 Å². The first-order valence-electron chi connectivity index (χ1n) is 7.91. The highest BCUT2D eigenvalue weighted by atomic mass is 14.5. The lowest BCUT2D eigenvalue weighted by molar-refractivity contribution is 0.538. The maximum absolute atomic E-state index is 5.46. The van der Waals surface area contributed by atoms with Gasteiger partial charge in [0.05, 0.1) is 0 Å². The van der Waals surface area contributed by atoms with E-state index >= 15 is 0 Å². The predicted molar refractivity (Wildman–Crippen MR) is 79.0 cm³/mol. The van der Waals surface area contributed by atoms with E-state index in [0.717, 1.165) is 13.0 Å². The Balaban J connectivity index is 2.85. The largest absolute Gasteiger partial charge is 0.330 e. The standard InChI is InChI=1S/C16H34N/c1-2-3-4-5-6-7-8-9-10-11-12-13-14-15-16-17/h1-17H2. The Morgan fingerprint density at radius 1 is 0.471 bits per heavy atom. The summed E-state index contributed by atoms with van der Waals surface area (Å²) >= 11 is 0. The second-order valence-electron chi connectivity index (χ2n) is 5.24. The van der Waals surface area contributed by atoms with Crippen molar-refractivity contribution in [3.63, 3.8) is 0 Å². The van der Waals surface area contributed by atoms with Crippen LogP contribution in [0.4, 0.5) is 0 Å². The summed E-state index contributed by atoms with van der Waals surface area (Å²) in [5.74, 6) is 0. The highest BCUT2D eigenvalue weighted by Gasteiger charge is 1.93. The average molecular weight is 240 g/mol. The summed E-state index contributed by atoms with van der Waals surface area (Å²) in [4.78, 5) is 0. The van der Waals surface area contributed by atoms with Crippen molar-refractivity contribution in [3.05, 3.63) is 6.92 Å².